The number of pyridine rings is 1. The highest BCUT2D eigenvalue weighted by Crippen LogP contribution is 2.30. The maximum atomic E-state index is 12.3. The van der Waals surface area contributed by atoms with Gasteiger partial charge >= 0.3 is 6.09 Å². The van der Waals surface area contributed by atoms with Crippen LogP contribution in [0.5, 0.6) is 5.75 Å². The Morgan fingerprint density at radius 1 is 1.24 bits per heavy atom. The molecular weight excluding hydrogens is 458 g/mol. The van der Waals surface area contributed by atoms with Crippen molar-refractivity contribution in [2.75, 3.05) is 26.3 Å². The standard InChI is InChI=1S/C24H38ClN3O4Si/c1-24(2,3)32-23(29)27-10-7-18(8-11-27)16-31-20-15-21(25)26-22-19(20)9-12-28(22)17-30-13-14-33(4,5)6/h9,12,15,18H,7-8,10-11,13-14,16-17H2,1-6H3. The zero-order valence-corrected chi connectivity index (χ0v) is 22.6. The molecule has 3 heterocycles. The van der Waals surface area contributed by atoms with E-state index in [2.05, 4.69) is 24.6 Å². The highest BCUT2D eigenvalue weighted by atomic mass is 35.5. The van der Waals surface area contributed by atoms with E-state index < -0.39 is 13.7 Å². The Balaban J connectivity index is 1.55. The molecule has 0 N–H and O–H groups in total. The molecule has 0 unspecified atom stereocenters. The fourth-order valence-corrected chi connectivity index (χ4v) is 4.62. The number of hydrogen-bond acceptors (Lipinski definition) is 5. The molecule has 0 atom stereocenters. The summed E-state index contributed by atoms with van der Waals surface area (Å²) < 4.78 is 19.5. The van der Waals surface area contributed by atoms with Gasteiger partial charge < -0.3 is 23.7 Å². The summed E-state index contributed by atoms with van der Waals surface area (Å²) in [5, 5.41) is 1.33. The lowest BCUT2D eigenvalue weighted by Crippen LogP contribution is -2.42. The minimum atomic E-state index is -1.12. The molecule has 0 spiro atoms. The van der Waals surface area contributed by atoms with Crippen molar-refractivity contribution in [1.82, 2.24) is 14.5 Å². The second-order valence-electron chi connectivity index (χ2n) is 11.0. The molecule has 184 valence electrons. The number of fused-ring (bicyclic) bond motifs is 1. The van der Waals surface area contributed by atoms with E-state index in [0.717, 1.165) is 42.3 Å². The van der Waals surface area contributed by atoms with E-state index in [1.807, 2.05) is 37.6 Å². The second kappa shape index (κ2) is 10.7. The molecule has 0 aliphatic carbocycles. The normalized spacial score (nSPS) is 15.8. The number of hydrogen-bond donors (Lipinski definition) is 0. The summed E-state index contributed by atoms with van der Waals surface area (Å²) in [6, 6.07) is 4.90. The van der Waals surface area contributed by atoms with Crippen molar-refractivity contribution in [1.29, 1.82) is 0 Å². The van der Waals surface area contributed by atoms with Crippen LogP contribution in [0.15, 0.2) is 18.3 Å². The van der Waals surface area contributed by atoms with Crippen LogP contribution in [0, 0.1) is 5.92 Å². The van der Waals surface area contributed by atoms with Crippen molar-refractivity contribution >= 4 is 36.8 Å². The number of likely N-dealkylation sites (tertiary alicyclic amines) is 1. The van der Waals surface area contributed by atoms with Gasteiger partial charge in [-0.15, -0.1) is 0 Å². The Hall–Kier alpha value is -1.77. The number of rotatable bonds is 8. The topological polar surface area (TPSA) is 65.8 Å². The number of ether oxygens (including phenoxy) is 3. The van der Waals surface area contributed by atoms with Crippen LogP contribution in [0.25, 0.3) is 11.0 Å². The van der Waals surface area contributed by atoms with Crippen molar-refractivity contribution in [2.24, 2.45) is 5.92 Å². The molecule has 2 aromatic heterocycles. The van der Waals surface area contributed by atoms with Crippen LogP contribution in [0.1, 0.15) is 33.6 Å². The lowest BCUT2D eigenvalue weighted by atomic mass is 9.98. The van der Waals surface area contributed by atoms with Crippen LogP contribution in [0.2, 0.25) is 30.8 Å². The zero-order chi connectivity index (χ0) is 24.2. The van der Waals surface area contributed by atoms with Crippen LogP contribution >= 0.6 is 11.6 Å². The van der Waals surface area contributed by atoms with Gasteiger partial charge in [0, 0.05) is 40.0 Å². The van der Waals surface area contributed by atoms with E-state index in [1.54, 1.807) is 11.0 Å². The van der Waals surface area contributed by atoms with E-state index in [-0.39, 0.29) is 6.09 Å². The smallest absolute Gasteiger partial charge is 0.410 e. The number of aromatic nitrogens is 2. The van der Waals surface area contributed by atoms with Crippen molar-refractivity contribution in [3.63, 3.8) is 0 Å². The molecule has 0 saturated carbocycles. The average Bonchev–Trinajstić information content (AvgIpc) is 3.10. The van der Waals surface area contributed by atoms with Crippen molar-refractivity contribution < 1.29 is 19.0 Å². The number of piperidine rings is 1. The molecule has 33 heavy (non-hydrogen) atoms. The molecular formula is C24H38ClN3O4Si. The fourth-order valence-electron chi connectivity index (χ4n) is 3.68. The first-order chi connectivity index (χ1) is 15.4. The second-order valence-corrected chi connectivity index (χ2v) is 17.0. The average molecular weight is 496 g/mol. The van der Waals surface area contributed by atoms with Crippen LogP contribution in [0.4, 0.5) is 4.79 Å². The summed E-state index contributed by atoms with van der Waals surface area (Å²) in [6.07, 6.45) is 3.49. The molecule has 0 aromatic carbocycles. The molecule has 1 amide bonds. The molecule has 2 aromatic rings. The van der Waals surface area contributed by atoms with Gasteiger partial charge in [0.2, 0.25) is 0 Å². The Kier molecular flexibility index (Phi) is 8.34. The predicted octanol–water partition coefficient (Wildman–Crippen LogP) is 6.03. The van der Waals surface area contributed by atoms with Gasteiger partial charge in [-0.2, -0.15) is 0 Å². The van der Waals surface area contributed by atoms with E-state index in [4.69, 9.17) is 25.8 Å². The minimum absolute atomic E-state index is 0.238. The Labute approximate surface area is 203 Å². The van der Waals surface area contributed by atoms with Gasteiger partial charge in [-0.25, -0.2) is 9.78 Å². The Morgan fingerprint density at radius 3 is 2.58 bits per heavy atom. The van der Waals surface area contributed by atoms with E-state index in [9.17, 15) is 4.79 Å². The van der Waals surface area contributed by atoms with Crippen molar-refractivity contribution in [2.45, 2.75) is 71.6 Å². The monoisotopic (exact) mass is 495 g/mol. The van der Waals surface area contributed by atoms with Gasteiger partial charge in [0.25, 0.3) is 0 Å². The van der Waals surface area contributed by atoms with Crippen LogP contribution < -0.4 is 4.74 Å². The first kappa shape index (κ1) is 25.8. The number of nitrogens with zero attached hydrogens (tertiary/aromatic N) is 3. The Bertz CT molecular complexity index is 944. The maximum absolute atomic E-state index is 12.3. The SMILES string of the molecule is CC(C)(C)OC(=O)N1CCC(COc2cc(Cl)nc3c2ccn3COCC[Si](C)(C)C)CC1. The van der Waals surface area contributed by atoms with E-state index >= 15 is 0 Å². The first-order valence-corrected chi connectivity index (χ1v) is 15.8. The maximum Gasteiger partial charge on any atom is 0.410 e. The lowest BCUT2D eigenvalue weighted by molar-refractivity contribution is 0.0165. The van der Waals surface area contributed by atoms with Gasteiger partial charge in [0.1, 0.15) is 28.9 Å². The summed E-state index contributed by atoms with van der Waals surface area (Å²) in [6.45, 7) is 15.8. The van der Waals surface area contributed by atoms with Crippen LogP contribution in [0.3, 0.4) is 0 Å². The van der Waals surface area contributed by atoms with Crippen LogP contribution in [-0.4, -0.2) is 60.5 Å². The van der Waals surface area contributed by atoms with Gasteiger partial charge in [0.15, 0.2) is 0 Å². The molecule has 1 aliphatic heterocycles. The number of halogens is 1. The van der Waals surface area contributed by atoms with Crippen molar-refractivity contribution in [3.8, 4) is 5.75 Å². The van der Waals surface area contributed by atoms with Gasteiger partial charge in [-0.3, -0.25) is 0 Å². The van der Waals surface area contributed by atoms with Gasteiger partial charge in [-0.05, 0) is 51.6 Å². The summed E-state index contributed by atoms with van der Waals surface area (Å²) in [5.41, 5.74) is 0.295. The third-order valence-corrected chi connectivity index (χ3v) is 7.53. The number of carbonyl (C=O) groups excluding carboxylic acids is 1. The number of carbonyl (C=O) groups is 1. The molecule has 9 heteroatoms. The molecule has 0 radical (unpaired) electrons. The molecule has 7 nitrogen and oxygen atoms in total. The molecule has 1 fully saturated rings. The zero-order valence-electron chi connectivity index (χ0n) is 20.8. The number of amides is 1. The Morgan fingerprint density at radius 2 is 1.94 bits per heavy atom. The lowest BCUT2D eigenvalue weighted by Gasteiger charge is -2.33. The first-order valence-electron chi connectivity index (χ1n) is 11.8. The van der Waals surface area contributed by atoms with E-state index in [1.165, 1.54) is 0 Å². The fraction of sp³-hybridized carbons (Fsp3) is 0.667. The largest absolute Gasteiger partial charge is 0.492 e. The highest BCUT2D eigenvalue weighted by Gasteiger charge is 2.27. The molecule has 1 saturated heterocycles. The molecule has 3 rings (SSSR count). The summed E-state index contributed by atoms with van der Waals surface area (Å²) in [7, 11) is -1.12. The molecule has 0 bridgehead atoms. The third-order valence-electron chi connectivity index (χ3n) is 5.63. The molecule has 1 aliphatic rings. The predicted molar refractivity (Wildman–Crippen MR) is 135 cm³/mol. The van der Waals surface area contributed by atoms with Gasteiger partial charge in [-0.1, -0.05) is 31.2 Å². The van der Waals surface area contributed by atoms with Gasteiger partial charge in [0.05, 0.1) is 12.0 Å². The summed E-state index contributed by atoms with van der Waals surface area (Å²) in [5.74, 6) is 1.11. The quantitative estimate of drug-likeness (QED) is 0.254. The van der Waals surface area contributed by atoms with Crippen molar-refractivity contribution in [3.05, 3.63) is 23.5 Å². The van der Waals surface area contributed by atoms with E-state index in [0.29, 0.717) is 37.5 Å². The van der Waals surface area contributed by atoms with Crippen LogP contribution in [-0.2, 0) is 16.2 Å². The third kappa shape index (κ3) is 7.90. The highest BCUT2D eigenvalue weighted by molar-refractivity contribution is 6.76. The summed E-state index contributed by atoms with van der Waals surface area (Å²) >= 11 is 6.30. The summed E-state index contributed by atoms with van der Waals surface area (Å²) in [4.78, 5) is 18.5. The minimum Gasteiger partial charge on any atom is -0.492 e.